The van der Waals surface area contributed by atoms with Crippen LogP contribution in [0, 0.1) is 0 Å². The number of aldehydes is 1. The van der Waals surface area contributed by atoms with Gasteiger partial charge in [-0.05, 0) is 11.6 Å². The van der Waals surface area contributed by atoms with Gasteiger partial charge in [-0.1, -0.05) is 12.2 Å². The third-order valence-corrected chi connectivity index (χ3v) is 1.34. The van der Waals surface area contributed by atoms with Crippen molar-refractivity contribution in [3.05, 3.63) is 35.6 Å². The van der Waals surface area contributed by atoms with E-state index in [1.54, 1.807) is 0 Å². The third kappa shape index (κ3) is 2.08. The lowest BCUT2D eigenvalue weighted by molar-refractivity contribution is -0.104. The van der Waals surface area contributed by atoms with Crippen LogP contribution in [0.15, 0.2) is 35.6 Å². The Morgan fingerprint density at radius 3 is 2.55 bits per heavy atom. The van der Waals surface area contributed by atoms with Crippen molar-refractivity contribution in [2.45, 2.75) is 0 Å². The van der Waals surface area contributed by atoms with Gasteiger partial charge in [-0.2, -0.15) is 0 Å². The summed E-state index contributed by atoms with van der Waals surface area (Å²) in [5.41, 5.74) is 1.80. The van der Waals surface area contributed by atoms with Gasteiger partial charge in [0.1, 0.15) is 6.29 Å². The first-order chi connectivity index (χ1) is 5.22. The van der Waals surface area contributed by atoms with E-state index in [0.717, 1.165) is 17.4 Å². The maximum Gasteiger partial charge on any atom is 0.150 e. The lowest BCUT2D eigenvalue weighted by Gasteiger charge is -2.03. The molecule has 0 unspecified atom stereocenters. The van der Waals surface area contributed by atoms with Crippen LogP contribution in [0.3, 0.4) is 0 Å². The van der Waals surface area contributed by atoms with Crippen LogP contribution in [-0.4, -0.2) is 25.3 Å². The third-order valence-electron chi connectivity index (χ3n) is 1.34. The van der Waals surface area contributed by atoms with Gasteiger partial charge in [0.15, 0.2) is 0 Å². The minimum atomic E-state index is 0.734. The molecule has 0 aliphatic heterocycles. The molecule has 58 valence electrons. The molecule has 0 saturated heterocycles. The van der Waals surface area contributed by atoms with Crippen LogP contribution < -0.4 is 0 Å². The second kappa shape index (κ2) is 3.19. The van der Waals surface area contributed by atoms with Gasteiger partial charge in [-0.25, -0.2) is 0 Å². The minimum absolute atomic E-state index is 0.734. The second-order valence-corrected chi connectivity index (χ2v) is 2.69. The summed E-state index contributed by atoms with van der Waals surface area (Å²) in [6.07, 6.45) is 8.40. The summed E-state index contributed by atoms with van der Waals surface area (Å²) in [5, 5.41) is 0. The molecule has 0 amide bonds. The Hall–Kier alpha value is -1.31. The van der Waals surface area contributed by atoms with Crippen molar-refractivity contribution in [1.82, 2.24) is 4.90 Å². The van der Waals surface area contributed by atoms with E-state index in [0.29, 0.717) is 0 Å². The molecule has 0 spiro atoms. The molecule has 1 rings (SSSR count). The Balaban J connectivity index is 2.75. The van der Waals surface area contributed by atoms with Gasteiger partial charge in [0, 0.05) is 25.9 Å². The van der Waals surface area contributed by atoms with Crippen LogP contribution in [0.2, 0.25) is 0 Å². The van der Waals surface area contributed by atoms with Crippen molar-refractivity contribution in [2.75, 3.05) is 14.1 Å². The molecule has 2 nitrogen and oxygen atoms in total. The number of allylic oxidation sites excluding steroid dienone is 5. The fraction of sp³-hybridized carbons (Fsp3) is 0.222. The van der Waals surface area contributed by atoms with Crippen LogP contribution in [-0.2, 0) is 4.79 Å². The molecule has 1 aliphatic rings. The molecule has 2 heteroatoms. The number of rotatable bonds is 2. The highest BCUT2D eigenvalue weighted by Gasteiger charge is 1.99. The van der Waals surface area contributed by atoms with Crippen molar-refractivity contribution in [2.24, 2.45) is 0 Å². The number of carbonyl (C=O) groups is 1. The van der Waals surface area contributed by atoms with Gasteiger partial charge >= 0.3 is 0 Å². The van der Waals surface area contributed by atoms with Crippen LogP contribution in [0.4, 0.5) is 0 Å². The highest BCUT2D eigenvalue weighted by molar-refractivity contribution is 5.81. The topological polar surface area (TPSA) is 20.3 Å². The smallest absolute Gasteiger partial charge is 0.150 e. The highest BCUT2D eigenvalue weighted by Crippen LogP contribution is 2.12. The van der Waals surface area contributed by atoms with Gasteiger partial charge in [-0.15, -0.1) is 0 Å². The molecule has 0 heterocycles. The van der Waals surface area contributed by atoms with Crippen LogP contribution in [0.5, 0.6) is 0 Å². The molecule has 0 aromatic rings. The number of nitrogens with zero attached hydrogens (tertiary/aromatic N) is 1. The molecule has 1 aliphatic carbocycles. The zero-order valence-corrected chi connectivity index (χ0v) is 6.74. The number of hydrogen-bond acceptors (Lipinski definition) is 2. The van der Waals surface area contributed by atoms with Crippen molar-refractivity contribution in [3.63, 3.8) is 0 Å². The van der Waals surface area contributed by atoms with E-state index in [4.69, 9.17) is 0 Å². The average Bonchev–Trinajstić information content (AvgIpc) is 2.34. The van der Waals surface area contributed by atoms with Gasteiger partial charge in [-0.3, -0.25) is 4.79 Å². The average molecular weight is 149 g/mol. The van der Waals surface area contributed by atoms with Crippen molar-refractivity contribution in [1.29, 1.82) is 0 Å². The Bertz CT molecular complexity index is 246. The Labute approximate surface area is 66.5 Å². The molecular weight excluding hydrogens is 138 g/mol. The monoisotopic (exact) mass is 149 g/mol. The van der Waals surface area contributed by atoms with E-state index in [1.165, 1.54) is 0 Å². The molecule has 0 fully saturated rings. The van der Waals surface area contributed by atoms with E-state index in [-0.39, 0.29) is 0 Å². The fourth-order valence-electron chi connectivity index (χ4n) is 0.933. The standard InChI is InChI=1S/C9H11NO/c1-10(2)6-8-3-4-9(5-8)7-11/h3-7H,1-2H3. The molecular formula is C9H11NO. The lowest BCUT2D eigenvalue weighted by atomic mass is 10.3. The molecule has 0 N–H and O–H groups in total. The van der Waals surface area contributed by atoms with Crippen LogP contribution >= 0.6 is 0 Å². The first-order valence-corrected chi connectivity index (χ1v) is 3.45. The van der Waals surface area contributed by atoms with Gasteiger partial charge in [0.2, 0.25) is 0 Å². The predicted octanol–water partition coefficient (Wildman–Crippen LogP) is 1.13. The first kappa shape index (κ1) is 7.79. The SMILES string of the molecule is CN(C)C=C1C=CC(C=O)=C1. The molecule has 0 radical (unpaired) electrons. The quantitative estimate of drug-likeness (QED) is 0.548. The predicted molar refractivity (Wildman–Crippen MR) is 45.1 cm³/mol. The minimum Gasteiger partial charge on any atom is -0.383 e. The van der Waals surface area contributed by atoms with E-state index < -0.39 is 0 Å². The number of hydrogen-bond donors (Lipinski definition) is 0. The summed E-state index contributed by atoms with van der Waals surface area (Å²) >= 11 is 0. The van der Waals surface area contributed by atoms with Gasteiger partial charge in [0.05, 0.1) is 0 Å². The summed E-state index contributed by atoms with van der Waals surface area (Å²) in [4.78, 5) is 12.2. The summed E-state index contributed by atoms with van der Waals surface area (Å²) < 4.78 is 0. The van der Waals surface area contributed by atoms with Crippen molar-refractivity contribution >= 4 is 6.29 Å². The first-order valence-electron chi connectivity index (χ1n) is 3.45. The maximum atomic E-state index is 10.3. The Morgan fingerprint density at radius 2 is 2.09 bits per heavy atom. The normalized spacial score (nSPS) is 18.7. The van der Waals surface area contributed by atoms with Crippen LogP contribution in [0.1, 0.15) is 0 Å². The molecule has 0 atom stereocenters. The summed E-state index contributed by atoms with van der Waals surface area (Å²) in [6, 6.07) is 0. The molecule has 0 bridgehead atoms. The van der Waals surface area contributed by atoms with E-state index in [1.807, 2.05) is 43.4 Å². The van der Waals surface area contributed by atoms with Crippen LogP contribution in [0.25, 0.3) is 0 Å². The van der Waals surface area contributed by atoms with E-state index >= 15 is 0 Å². The van der Waals surface area contributed by atoms with Gasteiger partial charge < -0.3 is 4.90 Å². The van der Waals surface area contributed by atoms with Crippen molar-refractivity contribution in [3.8, 4) is 0 Å². The number of carbonyl (C=O) groups excluding carboxylic acids is 1. The maximum absolute atomic E-state index is 10.3. The molecule has 0 saturated carbocycles. The Kier molecular flexibility index (Phi) is 2.26. The summed E-state index contributed by atoms with van der Waals surface area (Å²) in [5.74, 6) is 0. The highest BCUT2D eigenvalue weighted by atomic mass is 16.1. The lowest BCUT2D eigenvalue weighted by Crippen LogP contribution is -2.01. The fourth-order valence-corrected chi connectivity index (χ4v) is 0.933. The Morgan fingerprint density at radius 1 is 1.36 bits per heavy atom. The summed E-state index contributed by atoms with van der Waals surface area (Å²) in [6.45, 7) is 0. The van der Waals surface area contributed by atoms with E-state index in [2.05, 4.69) is 0 Å². The van der Waals surface area contributed by atoms with Crippen molar-refractivity contribution < 1.29 is 4.79 Å². The molecule has 0 aromatic carbocycles. The molecule has 0 aromatic heterocycles. The zero-order chi connectivity index (χ0) is 8.27. The summed E-state index contributed by atoms with van der Waals surface area (Å²) in [7, 11) is 3.90. The second-order valence-electron chi connectivity index (χ2n) is 2.69. The van der Waals surface area contributed by atoms with Gasteiger partial charge in [0.25, 0.3) is 0 Å². The van der Waals surface area contributed by atoms with E-state index in [9.17, 15) is 4.79 Å². The largest absolute Gasteiger partial charge is 0.383 e. The molecule has 11 heavy (non-hydrogen) atoms. The zero-order valence-electron chi connectivity index (χ0n) is 6.74.